The van der Waals surface area contributed by atoms with Crippen molar-refractivity contribution in [1.29, 1.82) is 0 Å². The lowest BCUT2D eigenvalue weighted by Crippen LogP contribution is -2.21. The van der Waals surface area contributed by atoms with E-state index in [0.29, 0.717) is 18.1 Å². The van der Waals surface area contributed by atoms with Crippen molar-refractivity contribution in [3.8, 4) is 11.3 Å². The number of carbonyl (C=O) groups is 1. The zero-order valence-corrected chi connectivity index (χ0v) is 12.2. The largest absolute Gasteiger partial charge is 0.323 e. The third-order valence-corrected chi connectivity index (χ3v) is 5.05. The Morgan fingerprint density at radius 2 is 2.00 bits per heavy atom. The molecule has 0 N–H and O–H groups in total. The highest BCUT2D eigenvalue weighted by Crippen LogP contribution is 2.41. The van der Waals surface area contributed by atoms with Crippen LogP contribution in [-0.4, -0.2) is 15.3 Å². The van der Waals surface area contributed by atoms with Gasteiger partial charge >= 0.3 is 0 Å². The minimum atomic E-state index is 0.146. The van der Waals surface area contributed by atoms with E-state index in [1.165, 1.54) is 30.4 Å². The average molecular weight is 280 g/mol. The van der Waals surface area contributed by atoms with E-state index >= 15 is 0 Å². The van der Waals surface area contributed by atoms with E-state index < -0.39 is 0 Å². The van der Waals surface area contributed by atoms with E-state index in [4.69, 9.17) is 0 Å². The molecule has 1 aromatic heterocycles. The number of benzene rings is 1. The number of aromatic nitrogens is 2. The maximum absolute atomic E-state index is 12.7. The molecule has 3 nitrogen and oxygen atoms in total. The maximum atomic E-state index is 12.7. The number of rotatable bonds is 3. The van der Waals surface area contributed by atoms with Crippen molar-refractivity contribution in [2.24, 2.45) is 5.92 Å². The van der Waals surface area contributed by atoms with Crippen LogP contribution in [0.3, 0.4) is 0 Å². The summed E-state index contributed by atoms with van der Waals surface area (Å²) in [5.41, 5.74) is 3.66. The molecule has 0 unspecified atom stereocenters. The summed E-state index contributed by atoms with van der Waals surface area (Å²) >= 11 is 0. The molecule has 108 valence electrons. The Hall–Kier alpha value is -1.90. The Morgan fingerprint density at radius 1 is 1.19 bits per heavy atom. The number of hydrogen-bond acceptors (Lipinski definition) is 2. The molecule has 2 aromatic rings. The van der Waals surface area contributed by atoms with Gasteiger partial charge in [-0.2, -0.15) is 0 Å². The molecule has 0 amide bonds. The summed E-state index contributed by atoms with van der Waals surface area (Å²) in [4.78, 5) is 16.9. The van der Waals surface area contributed by atoms with E-state index in [9.17, 15) is 4.79 Å². The highest BCUT2D eigenvalue weighted by Gasteiger charge is 2.31. The molecule has 4 rings (SSSR count). The van der Waals surface area contributed by atoms with Crippen LogP contribution in [0.4, 0.5) is 0 Å². The molecule has 1 aromatic carbocycles. The van der Waals surface area contributed by atoms with Crippen molar-refractivity contribution in [2.75, 3.05) is 0 Å². The van der Waals surface area contributed by atoms with Gasteiger partial charge in [-0.05, 0) is 18.4 Å². The van der Waals surface area contributed by atoms with Crippen LogP contribution < -0.4 is 0 Å². The molecule has 3 heteroatoms. The molecule has 2 heterocycles. The Kier molecular flexibility index (Phi) is 3.13. The summed E-state index contributed by atoms with van der Waals surface area (Å²) in [7, 11) is 0. The van der Waals surface area contributed by atoms with Crippen LogP contribution in [0, 0.1) is 5.92 Å². The van der Waals surface area contributed by atoms with E-state index in [2.05, 4.69) is 33.8 Å². The van der Waals surface area contributed by atoms with Crippen molar-refractivity contribution >= 4 is 5.78 Å². The molecule has 1 aliphatic heterocycles. The van der Waals surface area contributed by atoms with Crippen molar-refractivity contribution < 1.29 is 4.79 Å². The standard InChI is InChI=1S/C18H20N2O/c21-18(13-6-2-1-3-7-13)10-16-14-8-4-5-9-15(14)17-11-19-12-20(16)17/h4-5,8-9,11-13,16H,1-3,6-7,10H2/t16-/m0/s1. The average Bonchev–Trinajstić information content (AvgIpc) is 3.11. The zero-order valence-electron chi connectivity index (χ0n) is 12.2. The van der Waals surface area contributed by atoms with Crippen LogP contribution in [0.5, 0.6) is 0 Å². The summed E-state index contributed by atoms with van der Waals surface area (Å²) < 4.78 is 2.17. The lowest BCUT2D eigenvalue weighted by molar-refractivity contribution is -0.124. The minimum Gasteiger partial charge on any atom is -0.323 e. The first-order valence-corrected chi connectivity index (χ1v) is 7.98. The van der Waals surface area contributed by atoms with Gasteiger partial charge < -0.3 is 4.57 Å². The van der Waals surface area contributed by atoms with Crippen LogP contribution in [0.2, 0.25) is 0 Å². The van der Waals surface area contributed by atoms with Crippen LogP contribution in [0.1, 0.15) is 50.1 Å². The Balaban J connectivity index is 1.62. The molecule has 1 saturated carbocycles. The normalized spacial score (nSPS) is 21.0. The third-order valence-electron chi connectivity index (χ3n) is 5.05. The van der Waals surface area contributed by atoms with Crippen LogP contribution in [0.25, 0.3) is 11.3 Å². The summed E-state index contributed by atoms with van der Waals surface area (Å²) in [6.45, 7) is 0. The van der Waals surface area contributed by atoms with Gasteiger partial charge in [-0.15, -0.1) is 0 Å². The molecule has 1 atom stereocenters. The van der Waals surface area contributed by atoms with Gasteiger partial charge in [-0.1, -0.05) is 43.5 Å². The topological polar surface area (TPSA) is 34.9 Å². The number of carbonyl (C=O) groups excluding carboxylic acids is 1. The van der Waals surface area contributed by atoms with Gasteiger partial charge in [0, 0.05) is 17.9 Å². The minimum absolute atomic E-state index is 0.146. The van der Waals surface area contributed by atoms with E-state index in [-0.39, 0.29) is 6.04 Å². The van der Waals surface area contributed by atoms with Crippen LogP contribution >= 0.6 is 0 Å². The van der Waals surface area contributed by atoms with Crippen molar-refractivity contribution in [2.45, 2.75) is 44.6 Å². The van der Waals surface area contributed by atoms with E-state index in [1.807, 2.05) is 12.5 Å². The molecule has 0 bridgehead atoms. The highest BCUT2D eigenvalue weighted by molar-refractivity contribution is 5.83. The van der Waals surface area contributed by atoms with Gasteiger partial charge in [-0.25, -0.2) is 4.98 Å². The van der Waals surface area contributed by atoms with E-state index in [0.717, 1.165) is 18.5 Å². The zero-order chi connectivity index (χ0) is 14.2. The van der Waals surface area contributed by atoms with Crippen molar-refractivity contribution in [3.63, 3.8) is 0 Å². The molecule has 0 radical (unpaired) electrons. The number of imidazole rings is 1. The lowest BCUT2D eigenvalue weighted by atomic mass is 9.83. The van der Waals surface area contributed by atoms with Crippen molar-refractivity contribution in [3.05, 3.63) is 42.4 Å². The predicted octanol–water partition coefficient (Wildman–Crippen LogP) is 3.99. The molecule has 1 aliphatic carbocycles. The van der Waals surface area contributed by atoms with Gasteiger partial charge in [0.1, 0.15) is 5.78 Å². The second-order valence-corrected chi connectivity index (χ2v) is 6.29. The second-order valence-electron chi connectivity index (χ2n) is 6.29. The highest BCUT2D eigenvalue weighted by atomic mass is 16.1. The van der Waals surface area contributed by atoms with Gasteiger partial charge in [0.15, 0.2) is 0 Å². The first-order valence-electron chi connectivity index (χ1n) is 7.98. The second kappa shape index (κ2) is 5.14. The Morgan fingerprint density at radius 3 is 2.86 bits per heavy atom. The Labute approximate surface area is 125 Å². The molecular weight excluding hydrogens is 260 g/mol. The van der Waals surface area contributed by atoms with Crippen LogP contribution in [0.15, 0.2) is 36.8 Å². The number of Topliss-reactive ketones (excluding diaryl/α,β-unsaturated/α-hetero) is 1. The number of ketones is 1. The first kappa shape index (κ1) is 12.8. The number of hydrogen-bond donors (Lipinski definition) is 0. The summed E-state index contributed by atoms with van der Waals surface area (Å²) in [6, 6.07) is 8.56. The quantitative estimate of drug-likeness (QED) is 0.852. The maximum Gasteiger partial charge on any atom is 0.138 e. The summed E-state index contributed by atoms with van der Waals surface area (Å²) in [5, 5.41) is 0. The van der Waals surface area contributed by atoms with Crippen molar-refractivity contribution in [1.82, 2.24) is 9.55 Å². The predicted molar refractivity (Wildman–Crippen MR) is 82.0 cm³/mol. The molecule has 0 spiro atoms. The fourth-order valence-electron chi connectivity index (χ4n) is 3.92. The fraction of sp³-hybridized carbons (Fsp3) is 0.444. The summed E-state index contributed by atoms with van der Waals surface area (Å²) in [6.07, 6.45) is 10.3. The fourth-order valence-corrected chi connectivity index (χ4v) is 3.92. The lowest BCUT2D eigenvalue weighted by Gasteiger charge is -2.22. The van der Waals surface area contributed by atoms with E-state index in [1.54, 1.807) is 0 Å². The SMILES string of the molecule is O=C(C[C@H]1c2ccccc2-c2cncn21)C1CCCCC1. The Bertz CT molecular complexity index is 667. The molecule has 21 heavy (non-hydrogen) atoms. The molecule has 0 saturated heterocycles. The number of fused-ring (bicyclic) bond motifs is 3. The van der Waals surface area contributed by atoms with Gasteiger partial charge in [0.05, 0.1) is 24.3 Å². The smallest absolute Gasteiger partial charge is 0.138 e. The third kappa shape index (κ3) is 2.11. The van der Waals surface area contributed by atoms with Gasteiger partial charge in [0.2, 0.25) is 0 Å². The molecular formula is C18H20N2O. The number of nitrogens with zero attached hydrogens (tertiary/aromatic N) is 2. The monoisotopic (exact) mass is 280 g/mol. The van der Waals surface area contributed by atoms with Gasteiger partial charge in [-0.3, -0.25) is 4.79 Å². The summed E-state index contributed by atoms with van der Waals surface area (Å²) in [5.74, 6) is 0.731. The van der Waals surface area contributed by atoms with Gasteiger partial charge in [0.25, 0.3) is 0 Å². The molecule has 2 aliphatic rings. The first-order chi connectivity index (χ1) is 10.3. The molecule has 1 fully saturated rings. The van der Waals surface area contributed by atoms with Crippen LogP contribution in [-0.2, 0) is 4.79 Å².